The minimum Gasteiger partial charge on any atom is -0.378 e. The minimum absolute atomic E-state index is 0.108. The Kier molecular flexibility index (Phi) is 4.14. The quantitative estimate of drug-likeness (QED) is 0.556. The van der Waals surface area contributed by atoms with Crippen molar-refractivity contribution in [2.24, 2.45) is 7.05 Å². The Morgan fingerprint density at radius 3 is 2.68 bits per heavy atom. The summed E-state index contributed by atoms with van der Waals surface area (Å²) in [6.07, 6.45) is 0. The van der Waals surface area contributed by atoms with Crippen LogP contribution in [-0.4, -0.2) is 35.9 Å². The average Bonchev–Trinajstić information content (AvgIpc) is 3.15. The van der Waals surface area contributed by atoms with Gasteiger partial charge in [0.2, 0.25) is 0 Å². The average molecular weight is 394 g/mol. The first kappa shape index (κ1) is 17.3. The lowest BCUT2D eigenvalue weighted by Crippen LogP contribution is -2.36. The zero-order chi connectivity index (χ0) is 19.3. The zero-order valence-corrected chi connectivity index (χ0v) is 16.3. The highest BCUT2D eigenvalue weighted by Crippen LogP contribution is 2.33. The van der Waals surface area contributed by atoms with Crippen molar-refractivity contribution in [2.45, 2.75) is 0 Å². The summed E-state index contributed by atoms with van der Waals surface area (Å²) in [6, 6.07) is 16.0. The number of H-pyrrole nitrogens is 1. The number of ether oxygens (including phenoxy) is 1. The number of halogens is 1. The van der Waals surface area contributed by atoms with Gasteiger partial charge < -0.3 is 19.2 Å². The van der Waals surface area contributed by atoms with Crippen LogP contribution in [0, 0.1) is 0 Å². The number of hydrogen-bond acceptors (Lipinski definition) is 3. The van der Waals surface area contributed by atoms with E-state index in [0.29, 0.717) is 10.6 Å². The molecule has 2 aromatic heterocycles. The van der Waals surface area contributed by atoms with Crippen LogP contribution in [0.4, 0.5) is 5.69 Å². The first-order valence-corrected chi connectivity index (χ1v) is 9.74. The monoisotopic (exact) mass is 393 g/mol. The number of morpholine rings is 1. The number of anilines is 1. The normalized spacial score (nSPS) is 14.9. The van der Waals surface area contributed by atoms with Crippen LogP contribution in [0.2, 0.25) is 5.02 Å². The van der Waals surface area contributed by atoms with Crippen LogP contribution in [0.25, 0.3) is 33.1 Å². The van der Waals surface area contributed by atoms with Crippen LogP contribution in [-0.2, 0) is 11.8 Å². The van der Waals surface area contributed by atoms with Gasteiger partial charge in [0.05, 0.1) is 35.0 Å². The van der Waals surface area contributed by atoms with Crippen LogP contribution in [0.5, 0.6) is 0 Å². The third-order valence-corrected chi connectivity index (χ3v) is 5.88. The van der Waals surface area contributed by atoms with Gasteiger partial charge >= 0.3 is 0 Å². The Morgan fingerprint density at radius 1 is 1.07 bits per heavy atom. The van der Waals surface area contributed by atoms with Gasteiger partial charge in [-0.15, -0.1) is 0 Å². The van der Waals surface area contributed by atoms with E-state index in [2.05, 4.69) is 28.1 Å². The van der Waals surface area contributed by atoms with E-state index in [1.807, 2.05) is 30.3 Å². The Hall–Kier alpha value is -2.76. The summed E-state index contributed by atoms with van der Waals surface area (Å²) in [5, 5.41) is 2.41. The fourth-order valence-electron chi connectivity index (χ4n) is 3.96. The molecule has 3 heterocycles. The molecule has 1 aliphatic rings. The summed E-state index contributed by atoms with van der Waals surface area (Å²) < 4.78 is 7.10. The number of fused-ring (bicyclic) bond motifs is 2. The number of aryl methyl sites for hydroxylation is 1. The molecule has 0 radical (unpaired) electrons. The van der Waals surface area contributed by atoms with Crippen molar-refractivity contribution >= 4 is 39.1 Å². The van der Waals surface area contributed by atoms with Crippen molar-refractivity contribution < 1.29 is 4.74 Å². The van der Waals surface area contributed by atoms with Crippen molar-refractivity contribution in [3.05, 3.63) is 63.9 Å². The molecule has 0 bridgehead atoms. The number of nitrogens with one attached hydrogen (secondary N) is 1. The number of hydrogen-bond donors (Lipinski definition) is 1. The molecular formula is C22H20ClN3O2. The summed E-state index contributed by atoms with van der Waals surface area (Å²) in [5.41, 5.74) is 4.11. The fraction of sp³-hybridized carbons (Fsp3) is 0.227. The van der Waals surface area contributed by atoms with Crippen molar-refractivity contribution in [2.75, 3.05) is 31.2 Å². The van der Waals surface area contributed by atoms with Gasteiger partial charge in [0, 0.05) is 42.1 Å². The number of pyridine rings is 1. The van der Waals surface area contributed by atoms with Crippen LogP contribution in [0.15, 0.2) is 53.3 Å². The molecule has 5 rings (SSSR count). The molecule has 28 heavy (non-hydrogen) atoms. The highest BCUT2D eigenvalue weighted by Gasteiger charge is 2.18. The van der Waals surface area contributed by atoms with Gasteiger partial charge in [0.25, 0.3) is 5.56 Å². The van der Waals surface area contributed by atoms with Crippen molar-refractivity contribution in [1.29, 1.82) is 0 Å². The van der Waals surface area contributed by atoms with Gasteiger partial charge in [-0.25, -0.2) is 0 Å². The van der Waals surface area contributed by atoms with Crippen LogP contribution < -0.4 is 10.5 Å². The van der Waals surface area contributed by atoms with E-state index in [0.717, 1.165) is 59.5 Å². The number of para-hydroxylation sites is 1. The zero-order valence-electron chi connectivity index (χ0n) is 15.5. The molecule has 2 aromatic carbocycles. The standard InChI is InChI=1S/C22H20ClN3O2/c1-25-19-5-3-2-4-16(19)21(23)20(22(25)27)18-12-14-6-7-15(13-17(14)24-18)26-8-10-28-11-9-26/h2-7,12-13,24H,8-11H2,1H3. The lowest BCUT2D eigenvalue weighted by molar-refractivity contribution is 0.122. The number of rotatable bonds is 2. The smallest absolute Gasteiger partial charge is 0.261 e. The summed E-state index contributed by atoms with van der Waals surface area (Å²) in [7, 11) is 1.78. The van der Waals surface area contributed by atoms with E-state index in [-0.39, 0.29) is 5.56 Å². The first-order chi connectivity index (χ1) is 13.6. The van der Waals surface area contributed by atoms with Gasteiger partial charge in [-0.2, -0.15) is 0 Å². The van der Waals surface area contributed by atoms with Crippen molar-refractivity contribution in [3.63, 3.8) is 0 Å². The fourth-order valence-corrected chi connectivity index (χ4v) is 4.30. The maximum Gasteiger partial charge on any atom is 0.261 e. The van der Waals surface area contributed by atoms with Crippen molar-refractivity contribution in [3.8, 4) is 11.3 Å². The molecular weight excluding hydrogens is 374 g/mol. The van der Waals surface area contributed by atoms with Gasteiger partial charge in [-0.3, -0.25) is 4.79 Å². The third-order valence-electron chi connectivity index (χ3n) is 5.49. The lowest BCUT2D eigenvalue weighted by Gasteiger charge is -2.28. The molecule has 6 heteroatoms. The Morgan fingerprint density at radius 2 is 1.86 bits per heavy atom. The minimum atomic E-state index is -0.108. The predicted octanol–water partition coefficient (Wildman–Crippen LogP) is 4.18. The molecule has 1 aliphatic heterocycles. The van der Waals surface area contributed by atoms with E-state index < -0.39 is 0 Å². The molecule has 0 saturated carbocycles. The van der Waals surface area contributed by atoms with E-state index >= 15 is 0 Å². The van der Waals surface area contributed by atoms with Crippen LogP contribution in [0.1, 0.15) is 0 Å². The summed E-state index contributed by atoms with van der Waals surface area (Å²) in [6.45, 7) is 3.26. The summed E-state index contributed by atoms with van der Waals surface area (Å²) in [4.78, 5) is 18.8. The van der Waals surface area contributed by atoms with E-state index in [1.165, 1.54) is 0 Å². The van der Waals surface area contributed by atoms with Gasteiger partial charge in [0.15, 0.2) is 0 Å². The van der Waals surface area contributed by atoms with Crippen LogP contribution >= 0.6 is 11.6 Å². The predicted molar refractivity (Wildman–Crippen MR) is 115 cm³/mol. The topological polar surface area (TPSA) is 50.3 Å². The molecule has 1 fully saturated rings. The SMILES string of the molecule is Cn1c(=O)c(-c2cc3ccc(N4CCOCC4)cc3[nH]2)c(Cl)c2ccccc21. The second-order valence-corrected chi connectivity index (χ2v) is 7.50. The number of aromatic amines is 1. The molecule has 0 spiro atoms. The van der Waals surface area contributed by atoms with E-state index in [4.69, 9.17) is 16.3 Å². The Labute approximate surface area is 167 Å². The van der Waals surface area contributed by atoms with Gasteiger partial charge in [-0.05, 0) is 24.3 Å². The molecule has 0 unspecified atom stereocenters. The summed E-state index contributed by atoms with van der Waals surface area (Å²) in [5.74, 6) is 0. The molecule has 0 amide bonds. The molecule has 0 atom stereocenters. The second-order valence-electron chi connectivity index (χ2n) is 7.12. The third kappa shape index (κ3) is 2.70. The number of nitrogens with zero attached hydrogens (tertiary/aromatic N) is 2. The van der Waals surface area contributed by atoms with E-state index in [9.17, 15) is 4.79 Å². The van der Waals surface area contributed by atoms with Gasteiger partial charge in [0.1, 0.15) is 0 Å². The maximum atomic E-state index is 13.0. The second kappa shape index (κ2) is 6.69. The highest BCUT2D eigenvalue weighted by atomic mass is 35.5. The summed E-state index contributed by atoms with van der Waals surface area (Å²) >= 11 is 6.68. The molecule has 142 valence electrons. The molecule has 1 saturated heterocycles. The molecule has 5 nitrogen and oxygen atoms in total. The number of aromatic nitrogens is 2. The van der Waals surface area contributed by atoms with Crippen molar-refractivity contribution in [1.82, 2.24) is 9.55 Å². The Bertz CT molecular complexity index is 1250. The molecule has 0 aliphatic carbocycles. The largest absolute Gasteiger partial charge is 0.378 e. The van der Waals surface area contributed by atoms with E-state index in [1.54, 1.807) is 11.6 Å². The lowest BCUT2D eigenvalue weighted by atomic mass is 10.1. The number of benzene rings is 2. The highest BCUT2D eigenvalue weighted by molar-refractivity contribution is 6.38. The maximum absolute atomic E-state index is 13.0. The first-order valence-electron chi connectivity index (χ1n) is 9.36. The van der Waals surface area contributed by atoms with Gasteiger partial charge in [-0.1, -0.05) is 35.9 Å². The molecule has 1 N–H and O–H groups in total. The molecule has 4 aromatic rings. The van der Waals surface area contributed by atoms with Crippen LogP contribution in [0.3, 0.4) is 0 Å². The Balaban J connectivity index is 1.66.